The minimum atomic E-state index is -0.471. The van der Waals surface area contributed by atoms with Crippen molar-refractivity contribution in [2.75, 3.05) is 40.3 Å². The first-order valence-electron chi connectivity index (χ1n) is 9.05. The zero-order valence-electron chi connectivity index (χ0n) is 15.4. The molecule has 1 saturated heterocycles. The molecular formula is C21H27ClN2O2. The second-order valence-electron chi connectivity index (χ2n) is 7.01. The fourth-order valence-electron chi connectivity index (χ4n) is 3.59. The highest BCUT2D eigenvalue weighted by molar-refractivity contribution is 6.32. The number of hydrogen-bond donors (Lipinski definition) is 1. The maximum Gasteiger partial charge on any atom is 0.137 e. The van der Waals surface area contributed by atoms with E-state index in [1.54, 1.807) is 7.11 Å². The van der Waals surface area contributed by atoms with Crippen LogP contribution in [0.2, 0.25) is 5.02 Å². The van der Waals surface area contributed by atoms with Crippen LogP contribution < -0.4 is 4.74 Å². The molecule has 2 unspecified atom stereocenters. The Hall–Kier alpha value is -1.59. The summed E-state index contributed by atoms with van der Waals surface area (Å²) in [5.74, 6) is 0.701. The van der Waals surface area contributed by atoms with Crippen molar-refractivity contribution in [2.45, 2.75) is 18.6 Å². The van der Waals surface area contributed by atoms with Crippen LogP contribution in [0.1, 0.15) is 17.2 Å². The second kappa shape index (κ2) is 8.87. The van der Waals surface area contributed by atoms with Crippen molar-refractivity contribution in [3.63, 3.8) is 0 Å². The minimum Gasteiger partial charge on any atom is -0.495 e. The van der Waals surface area contributed by atoms with Crippen molar-refractivity contribution in [2.24, 2.45) is 0 Å². The van der Waals surface area contributed by atoms with Gasteiger partial charge in [-0.3, -0.25) is 4.90 Å². The predicted molar refractivity (Wildman–Crippen MR) is 106 cm³/mol. The van der Waals surface area contributed by atoms with E-state index in [1.165, 1.54) is 5.56 Å². The molecule has 0 spiro atoms. The third-order valence-electron chi connectivity index (χ3n) is 5.09. The van der Waals surface area contributed by atoms with Crippen molar-refractivity contribution in [1.29, 1.82) is 0 Å². The van der Waals surface area contributed by atoms with Crippen LogP contribution >= 0.6 is 11.6 Å². The summed E-state index contributed by atoms with van der Waals surface area (Å²) in [4.78, 5) is 4.75. The molecular weight excluding hydrogens is 348 g/mol. The van der Waals surface area contributed by atoms with Gasteiger partial charge in [0.25, 0.3) is 0 Å². The number of nitrogens with zero attached hydrogens (tertiary/aromatic N) is 2. The Labute approximate surface area is 160 Å². The van der Waals surface area contributed by atoms with Crippen LogP contribution in [0, 0.1) is 0 Å². The van der Waals surface area contributed by atoms with E-state index in [9.17, 15) is 5.11 Å². The van der Waals surface area contributed by atoms with E-state index < -0.39 is 6.10 Å². The maximum absolute atomic E-state index is 10.6. The summed E-state index contributed by atoms with van der Waals surface area (Å²) in [6, 6.07) is 16.2. The van der Waals surface area contributed by atoms with Crippen LogP contribution in [-0.2, 0) is 6.42 Å². The van der Waals surface area contributed by atoms with Gasteiger partial charge in [0.15, 0.2) is 0 Å². The van der Waals surface area contributed by atoms with E-state index in [0.717, 1.165) is 31.6 Å². The molecule has 0 aromatic heterocycles. The van der Waals surface area contributed by atoms with Crippen LogP contribution in [0.15, 0.2) is 48.5 Å². The molecule has 0 aliphatic carbocycles. The molecule has 0 saturated carbocycles. The van der Waals surface area contributed by atoms with Gasteiger partial charge in [-0.05, 0) is 36.7 Å². The molecule has 4 nitrogen and oxygen atoms in total. The average molecular weight is 375 g/mol. The fourth-order valence-corrected chi connectivity index (χ4v) is 3.87. The van der Waals surface area contributed by atoms with Gasteiger partial charge in [-0.15, -0.1) is 0 Å². The summed E-state index contributed by atoms with van der Waals surface area (Å²) in [5, 5.41) is 11.3. The van der Waals surface area contributed by atoms with Crippen LogP contribution in [0.3, 0.4) is 0 Å². The molecule has 3 rings (SSSR count). The smallest absolute Gasteiger partial charge is 0.137 e. The SMILES string of the molecule is COc1ccc(CC2CN(C)CCN2CC(O)c2ccccc2)cc1Cl. The predicted octanol–water partition coefficient (Wildman–Crippen LogP) is 3.24. The maximum atomic E-state index is 10.6. The van der Waals surface area contributed by atoms with Gasteiger partial charge in [0.2, 0.25) is 0 Å². The molecule has 0 bridgehead atoms. The van der Waals surface area contributed by atoms with E-state index in [0.29, 0.717) is 23.4 Å². The number of piperazine rings is 1. The number of halogens is 1. The Morgan fingerprint density at radius 2 is 1.96 bits per heavy atom. The first kappa shape index (κ1) is 19.2. The Kier molecular flexibility index (Phi) is 6.54. The van der Waals surface area contributed by atoms with E-state index >= 15 is 0 Å². The largest absolute Gasteiger partial charge is 0.495 e. The first-order chi connectivity index (χ1) is 12.6. The molecule has 1 N–H and O–H groups in total. The summed E-state index contributed by atoms with van der Waals surface area (Å²) >= 11 is 6.29. The molecule has 140 valence electrons. The number of ether oxygens (including phenoxy) is 1. The lowest BCUT2D eigenvalue weighted by Crippen LogP contribution is -2.53. The van der Waals surface area contributed by atoms with Crippen molar-refractivity contribution in [3.8, 4) is 5.75 Å². The number of β-amino-alcohol motifs (C(OH)–C–C–N with tert-alkyl or cyclic N) is 1. The van der Waals surface area contributed by atoms with Crippen molar-refractivity contribution < 1.29 is 9.84 Å². The summed E-state index contributed by atoms with van der Waals surface area (Å²) < 4.78 is 5.25. The number of methoxy groups -OCH3 is 1. The van der Waals surface area contributed by atoms with Gasteiger partial charge in [0.1, 0.15) is 5.75 Å². The summed E-state index contributed by atoms with van der Waals surface area (Å²) in [5.41, 5.74) is 2.16. The molecule has 2 aromatic rings. The van der Waals surface area contributed by atoms with Gasteiger partial charge in [-0.25, -0.2) is 0 Å². The third-order valence-corrected chi connectivity index (χ3v) is 5.38. The van der Waals surface area contributed by atoms with Gasteiger partial charge >= 0.3 is 0 Å². The Morgan fingerprint density at radius 1 is 1.19 bits per heavy atom. The quantitative estimate of drug-likeness (QED) is 0.842. The highest BCUT2D eigenvalue weighted by atomic mass is 35.5. The van der Waals surface area contributed by atoms with E-state index in [4.69, 9.17) is 16.3 Å². The molecule has 5 heteroatoms. The topological polar surface area (TPSA) is 35.9 Å². The van der Waals surface area contributed by atoms with Gasteiger partial charge in [0, 0.05) is 32.2 Å². The first-order valence-corrected chi connectivity index (χ1v) is 9.42. The zero-order chi connectivity index (χ0) is 18.5. The molecule has 1 heterocycles. The summed E-state index contributed by atoms with van der Waals surface area (Å²) in [7, 11) is 3.78. The highest BCUT2D eigenvalue weighted by Gasteiger charge is 2.27. The molecule has 26 heavy (non-hydrogen) atoms. The lowest BCUT2D eigenvalue weighted by Gasteiger charge is -2.41. The van der Waals surface area contributed by atoms with E-state index in [1.807, 2.05) is 42.5 Å². The third kappa shape index (κ3) is 4.77. The van der Waals surface area contributed by atoms with Gasteiger partial charge in [0.05, 0.1) is 18.2 Å². The fraction of sp³-hybridized carbons (Fsp3) is 0.429. The number of aliphatic hydroxyl groups excluding tert-OH is 1. The van der Waals surface area contributed by atoms with Gasteiger partial charge in [-0.1, -0.05) is 48.0 Å². The van der Waals surface area contributed by atoms with Crippen LogP contribution in [0.5, 0.6) is 5.75 Å². The monoisotopic (exact) mass is 374 g/mol. The minimum absolute atomic E-state index is 0.344. The lowest BCUT2D eigenvalue weighted by atomic mass is 10.0. The van der Waals surface area contributed by atoms with Gasteiger partial charge < -0.3 is 14.7 Å². The molecule has 0 amide bonds. The van der Waals surface area contributed by atoms with Crippen molar-refractivity contribution >= 4 is 11.6 Å². The average Bonchev–Trinajstić information content (AvgIpc) is 2.65. The van der Waals surface area contributed by atoms with Gasteiger partial charge in [-0.2, -0.15) is 0 Å². The Morgan fingerprint density at radius 3 is 2.65 bits per heavy atom. The van der Waals surface area contributed by atoms with Crippen LogP contribution in [0.4, 0.5) is 0 Å². The Balaban J connectivity index is 1.71. The molecule has 1 fully saturated rings. The molecule has 2 aromatic carbocycles. The lowest BCUT2D eigenvalue weighted by molar-refractivity contribution is 0.0407. The second-order valence-corrected chi connectivity index (χ2v) is 7.42. The van der Waals surface area contributed by atoms with Crippen molar-refractivity contribution in [1.82, 2.24) is 9.80 Å². The van der Waals surface area contributed by atoms with Crippen LogP contribution in [0.25, 0.3) is 0 Å². The normalized spacial score (nSPS) is 20.1. The molecule has 2 atom stereocenters. The summed E-state index contributed by atoms with van der Waals surface area (Å²) in [6.07, 6.45) is 0.428. The number of likely N-dealkylation sites (N-methyl/N-ethyl adjacent to an activating group) is 1. The Bertz CT molecular complexity index is 710. The molecule has 0 radical (unpaired) electrons. The molecule has 1 aliphatic rings. The van der Waals surface area contributed by atoms with E-state index in [-0.39, 0.29) is 0 Å². The number of aliphatic hydroxyl groups is 1. The number of benzene rings is 2. The summed E-state index contributed by atoms with van der Waals surface area (Å²) in [6.45, 7) is 3.59. The zero-order valence-corrected chi connectivity index (χ0v) is 16.2. The number of rotatable bonds is 6. The standard InChI is InChI=1S/C21H27ClN2O2/c1-23-10-11-24(15-20(25)17-6-4-3-5-7-17)18(14-23)12-16-8-9-21(26-2)19(22)13-16/h3-9,13,18,20,25H,10-12,14-15H2,1-2H3. The van der Waals surface area contributed by atoms with Crippen molar-refractivity contribution in [3.05, 3.63) is 64.7 Å². The van der Waals surface area contributed by atoms with Crippen LogP contribution in [-0.4, -0.2) is 61.3 Å². The number of hydrogen-bond acceptors (Lipinski definition) is 4. The molecule has 1 aliphatic heterocycles. The highest BCUT2D eigenvalue weighted by Crippen LogP contribution is 2.27. The van der Waals surface area contributed by atoms with E-state index in [2.05, 4.69) is 22.9 Å².